The zero-order valence-corrected chi connectivity index (χ0v) is 9.10. The largest absolute Gasteiger partial charge is 0.497 e. The standard InChI is InChI=1S/C11H14N4O/c1-16-9-4-2-8(3-5-9)11-13-10(6-7-12)14-15-11/h2-5H,6-7,12H2,1H3,(H,13,14,15). The fourth-order valence-electron chi connectivity index (χ4n) is 1.41. The highest BCUT2D eigenvalue weighted by Crippen LogP contribution is 2.18. The number of methoxy groups -OCH3 is 1. The van der Waals surface area contributed by atoms with Gasteiger partial charge in [0.05, 0.1) is 7.11 Å². The number of nitrogens with zero attached hydrogens (tertiary/aromatic N) is 2. The van der Waals surface area contributed by atoms with Crippen LogP contribution in [0.25, 0.3) is 11.4 Å². The Morgan fingerprint density at radius 1 is 1.31 bits per heavy atom. The maximum absolute atomic E-state index is 5.44. The Balaban J connectivity index is 2.21. The van der Waals surface area contributed by atoms with Crippen molar-refractivity contribution in [2.24, 2.45) is 5.73 Å². The van der Waals surface area contributed by atoms with Gasteiger partial charge < -0.3 is 10.5 Å². The molecule has 0 aliphatic heterocycles. The summed E-state index contributed by atoms with van der Waals surface area (Å²) in [5.41, 5.74) is 6.40. The summed E-state index contributed by atoms with van der Waals surface area (Å²) >= 11 is 0. The Morgan fingerprint density at radius 3 is 2.69 bits per heavy atom. The molecule has 84 valence electrons. The summed E-state index contributed by atoms with van der Waals surface area (Å²) in [5.74, 6) is 2.32. The minimum absolute atomic E-state index is 0.567. The molecule has 1 aromatic carbocycles. The first-order chi connectivity index (χ1) is 7.83. The van der Waals surface area contributed by atoms with Gasteiger partial charge in [0.25, 0.3) is 0 Å². The molecule has 1 heterocycles. The van der Waals surface area contributed by atoms with Gasteiger partial charge in [-0.25, -0.2) is 4.98 Å². The van der Waals surface area contributed by atoms with E-state index in [2.05, 4.69) is 15.2 Å². The van der Waals surface area contributed by atoms with Crippen LogP contribution in [0.2, 0.25) is 0 Å². The summed E-state index contributed by atoms with van der Waals surface area (Å²) in [7, 11) is 1.64. The highest BCUT2D eigenvalue weighted by Gasteiger charge is 2.05. The molecule has 2 rings (SSSR count). The summed E-state index contributed by atoms with van der Waals surface area (Å²) in [5, 5.41) is 6.99. The molecule has 0 amide bonds. The number of ether oxygens (including phenoxy) is 1. The number of benzene rings is 1. The molecule has 1 aromatic heterocycles. The van der Waals surface area contributed by atoms with Gasteiger partial charge in [0.15, 0.2) is 5.82 Å². The van der Waals surface area contributed by atoms with E-state index in [1.165, 1.54) is 0 Å². The van der Waals surface area contributed by atoms with Gasteiger partial charge in [-0.05, 0) is 30.8 Å². The van der Waals surface area contributed by atoms with Gasteiger partial charge in [0.2, 0.25) is 0 Å². The summed E-state index contributed by atoms with van der Waals surface area (Å²) in [4.78, 5) is 4.34. The Labute approximate surface area is 93.7 Å². The van der Waals surface area contributed by atoms with E-state index in [1.54, 1.807) is 7.11 Å². The van der Waals surface area contributed by atoms with Crippen molar-refractivity contribution in [2.45, 2.75) is 6.42 Å². The molecule has 0 radical (unpaired) electrons. The van der Waals surface area contributed by atoms with Crippen LogP contribution in [0, 0.1) is 0 Å². The molecule has 5 nitrogen and oxygen atoms in total. The predicted molar refractivity (Wildman–Crippen MR) is 61.1 cm³/mol. The molecule has 0 aliphatic rings. The SMILES string of the molecule is COc1ccc(-c2n[nH]c(CCN)n2)cc1. The van der Waals surface area contributed by atoms with Gasteiger partial charge in [-0.15, -0.1) is 0 Å². The Kier molecular flexibility index (Phi) is 3.16. The van der Waals surface area contributed by atoms with Crippen LogP contribution in [0.5, 0.6) is 5.75 Å². The summed E-state index contributed by atoms with van der Waals surface area (Å²) in [6.45, 7) is 0.567. The number of hydrogen-bond acceptors (Lipinski definition) is 4. The van der Waals surface area contributed by atoms with Crippen molar-refractivity contribution in [1.29, 1.82) is 0 Å². The van der Waals surface area contributed by atoms with Crippen LogP contribution in [0.4, 0.5) is 0 Å². The Morgan fingerprint density at radius 2 is 2.06 bits per heavy atom. The van der Waals surface area contributed by atoms with E-state index in [9.17, 15) is 0 Å². The van der Waals surface area contributed by atoms with Crippen LogP contribution in [-0.4, -0.2) is 28.8 Å². The fraction of sp³-hybridized carbons (Fsp3) is 0.273. The smallest absolute Gasteiger partial charge is 0.181 e. The second-order valence-corrected chi connectivity index (χ2v) is 3.37. The molecule has 0 unspecified atom stereocenters. The van der Waals surface area contributed by atoms with Crippen molar-refractivity contribution in [1.82, 2.24) is 15.2 Å². The lowest BCUT2D eigenvalue weighted by molar-refractivity contribution is 0.415. The summed E-state index contributed by atoms with van der Waals surface area (Å²) in [6, 6.07) is 7.62. The Hall–Kier alpha value is -1.88. The van der Waals surface area contributed by atoms with Crippen LogP contribution in [0.3, 0.4) is 0 Å². The van der Waals surface area contributed by atoms with Crippen molar-refractivity contribution < 1.29 is 4.74 Å². The van der Waals surface area contributed by atoms with Crippen molar-refractivity contribution in [3.8, 4) is 17.1 Å². The molecule has 0 atom stereocenters. The van der Waals surface area contributed by atoms with Gasteiger partial charge in [-0.1, -0.05) is 0 Å². The lowest BCUT2D eigenvalue weighted by Crippen LogP contribution is -2.03. The molecular formula is C11H14N4O. The fourth-order valence-corrected chi connectivity index (χ4v) is 1.41. The average Bonchev–Trinajstić information content (AvgIpc) is 2.78. The van der Waals surface area contributed by atoms with Crippen molar-refractivity contribution in [3.63, 3.8) is 0 Å². The monoisotopic (exact) mass is 218 g/mol. The van der Waals surface area contributed by atoms with E-state index in [1.807, 2.05) is 24.3 Å². The quantitative estimate of drug-likeness (QED) is 0.802. The molecule has 2 aromatic rings. The van der Waals surface area contributed by atoms with Gasteiger partial charge >= 0.3 is 0 Å². The third-order valence-electron chi connectivity index (χ3n) is 2.26. The Bertz CT molecular complexity index is 449. The number of aromatic amines is 1. The van der Waals surface area contributed by atoms with Crippen LogP contribution in [0.1, 0.15) is 5.82 Å². The van der Waals surface area contributed by atoms with Crippen LogP contribution in [-0.2, 0) is 6.42 Å². The molecule has 5 heteroatoms. The maximum Gasteiger partial charge on any atom is 0.181 e. The molecule has 0 fully saturated rings. The second-order valence-electron chi connectivity index (χ2n) is 3.37. The number of hydrogen-bond donors (Lipinski definition) is 2. The molecule has 0 bridgehead atoms. The first-order valence-electron chi connectivity index (χ1n) is 5.09. The van der Waals surface area contributed by atoms with E-state index < -0.39 is 0 Å². The lowest BCUT2D eigenvalue weighted by Gasteiger charge is -1.99. The van der Waals surface area contributed by atoms with Crippen LogP contribution >= 0.6 is 0 Å². The van der Waals surface area contributed by atoms with E-state index >= 15 is 0 Å². The molecular weight excluding hydrogens is 204 g/mol. The zero-order chi connectivity index (χ0) is 11.4. The van der Waals surface area contributed by atoms with E-state index in [0.717, 1.165) is 17.1 Å². The van der Waals surface area contributed by atoms with Gasteiger partial charge in [0, 0.05) is 12.0 Å². The van der Waals surface area contributed by atoms with Crippen molar-refractivity contribution >= 4 is 0 Å². The molecule has 0 saturated heterocycles. The first kappa shape index (κ1) is 10.6. The van der Waals surface area contributed by atoms with Gasteiger partial charge in [-0.2, -0.15) is 5.10 Å². The number of aromatic nitrogens is 3. The highest BCUT2D eigenvalue weighted by molar-refractivity contribution is 5.55. The number of nitrogens with two attached hydrogens (primary N) is 1. The zero-order valence-electron chi connectivity index (χ0n) is 9.10. The lowest BCUT2D eigenvalue weighted by atomic mass is 10.2. The van der Waals surface area contributed by atoms with E-state index in [-0.39, 0.29) is 0 Å². The van der Waals surface area contributed by atoms with Crippen molar-refractivity contribution in [2.75, 3.05) is 13.7 Å². The third-order valence-corrected chi connectivity index (χ3v) is 2.26. The van der Waals surface area contributed by atoms with Gasteiger partial charge in [0.1, 0.15) is 11.6 Å². The average molecular weight is 218 g/mol. The normalized spacial score (nSPS) is 10.4. The van der Waals surface area contributed by atoms with Crippen LogP contribution < -0.4 is 10.5 Å². The number of nitrogens with one attached hydrogen (secondary N) is 1. The van der Waals surface area contributed by atoms with Crippen molar-refractivity contribution in [3.05, 3.63) is 30.1 Å². The maximum atomic E-state index is 5.44. The van der Waals surface area contributed by atoms with Gasteiger partial charge in [-0.3, -0.25) is 5.10 Å². The van der Waals surface area contributed by atoms with E-state index in [4.69, 9.17) is 10.5 Å². The number of rotatable bonds is 4. The summed E-state index contributed by atoms with van der Waals surface area (Å²) < 4.78 is 5.08. The molecule has 0 saturated carbocycles. The topological polar surface area (TPSA) is 76.8 Å². The van der Waals surface area contributed by atoms with Crippen LogP contribution in [0.15, 0.2) is 24.3 Å². The minimum atomic E-state index is 0.567. The number of H-pyrrole nitrogens is 1. The first-order valence-corrected chi connectivity index (χ1v) is 5.09. The molecule has 16 heavy (non-hydrogen) atoms. The molecule has 3 N–H and O–H groups in total. The minimum Gasteiger partial charge on any atom is -0.497 e. The van der Waals surface area contributed by atoms with E-state index in [0.29, 0.717) is 18.8 Å². The third kappa shape index (κ3) is 2.20. The molecule has 0 spiro atoms. The summed E-state index contributed by atoms with van der Waals surface area (Å²) in [6.07, 6.45) is 0.711. The predicted octanol–water partition coefficient (Wildman–Crippen LogP) is 0.981. The second kappa shape index (κ2) is 4.76. The highest BCUT2D eigenvalue weighted by atomic mass is 16.5. The molecule has 0 aliphatic carbocycles.